The summed E-state index contributed by atoms with van der Waals surface area (Å²) in [6.45, 7) is 0. The van der Waals surface area contributed by atoms with Gasteiger partial charge in [0.05, 0.1) is 5.69 Å². The van der Waals surface area contributed by atoms with E-state index in [0.717, 1.165) is 20.6 Å². The zero-order valence-electron chi connectivity index (χ0n) is 12.1. The van der Waals surface area contributed by atoms with E-state index in [1.165, 1.54) is 11.1 Å². The topological polar surface area (TPSA) is 38.9 Å². The highest BCUT2D eigenvalue weighted by Gasteiger charge is 2.04. The lowest BCUT2D eigenvalue weighted by atomic mass is 10.0. The van der Waals surface area contributed by atoms with Gasteiger partial charge in [-0.25, -0.2) is 4.98 Å². The number of rotatable bonds is 3. The molecule has 3 rings (SSSR count). The maximum Gasteiger partial charge on any atom is 0.125 e. The molecule has 0 radical (unpaired) electrons. The first-order chi connectivity index (χ1) is 10.7. The van der Waals surface area contributed by atoms with Crippen LogP contribution in [0.5, 0.6) is 0 Å². The Bertz CT molecular complexity index is 783. The molecule has 0 aliphatic rings. The highest BCUT2D eigenvalue weighted by Crippen LogP contribution is 2.28. The molecule has 3 aromatic rings. The van der Waals surface area contributed by atoms with E-state index in [-0.39, 0.29) is 0 Å². The van der Waals surface area contributed by atoms with Crippen molar-refractivity contribution in [1.82, 2.24) is 4.98 Å². The first-order valence-electron chi connectivity index (χ1n) is 6.83. The molecule has 0 aliphatic heterocycles. The van der Waals surface area contributed by atoms with Gasteiger partial charge in [-0.3, -0.25) is 0 Å². The summed E-state index contributed by atoms with van der Waals surface area (Å²) in [5.74, 6) is 0.554. The van der Waals surface area contributed by atoms with Crippen molar-refractivity contribution in [2.24, 2.45) is 0 Å². The van der Waals surface area contributed by atoms with Crippen LogP contribution in [-0.4, -0.2) is 11.2 Å². The second kappa shape index (κ2) is 6.55. The second-order valence-electron chi connectivity index (χ2n) is 4.90. The van der Waals surface area contributed by atoms with E-state index in [1.54, 1.807) is 11.8 Å². The number of nitrogens with zero attached hydrogens (tertiary/aromatic N) is 1. The van der Waals surface area contributed by atoms with Crippen LogP contribution in [0, 0.1) is 0 Å². The fourth-order valence-electron chi connectivity index (χ4n) is 2.27. The highest BCUT2D eigenvalue weighted by atomic mass is 79.9. The summed E-state index contributed by atoms with van der Waals surface area (Å²) in [5.41, 5.74) is 10.2. The Hall–Kier alpha value is -1.78. The number of thioether (sulfide) groups is 1. The van der Waals surface area contributed by atoms with Gasteiger partial charge < -0.3 is 5.73 Å². The van der Waals surface area contributed by atoms with Gasteiger partial charge in [0.2, 0.25) is 0 Å². The van der Waals surface area contributed by atoms with Crippen molar-refractivity contribution in [2.75, 3.05) is 12.0 Å². The Kier molecular flexibility index (Phi) is 4.50. The van der Waals surface area contributed by atoms with Crippen molar-refractivity contribution in [1.29, 1.82) is 0 Å². The molecule has 1 aromatic heterocycles. The molecule has 0 bridgehead atoms. The third-order valence-electron chi connectivity index (χ3n) is 3.41. The van der Waals surface area contributed by atoms with Crippen LogP contribution >= 0.6 is 27.7 Å². The third-order valence-corrected chi connectivity index (χ3v) is 4.65. The zero-order valence-corrected chi connectivity index (χ0v) is 14.5. The number of aromatic nitrogens is 1. The van der Waals surface area contributed by atoms with Gasteiger partial charge in [-0.05, 0) is 41.6 Å². The molecule has 0 amide bonds. The third kappa shape index (κ3) is 3.34. The molecule has 0 fully saturated rings. The van der Waals surface area contributed by atoms with E-state index in [2.05, 4.69) is 63.4 Å². The molecule has 1 heterocycles. The van der Waals surface area contributed by atoms with Gasteiger partial charge in [-0.15, -0.1) is 11.8 Å². The van der Waals surface area contributed by atoms with Gasteiger partial charge in [-0.1, -0.05) is 52.3 Å². The largest absolute Gasteiger partial charge is 0.384 e. The van der Waals surface area contributed by atoms with Crippen LogP contribution in [0.15, 0.2) is 70.0 Å². The minimum absolute atomic E-state index is 0.554. The zero-order chi connectivity index (χ0) is 15.5. The summed E-state index contributed by atoms with van der Waals surface area (Å²) in [6.07, 6.45) is 2.04. The molecule has 110 valence electrons. The summed E-state index contributed by atoms with van der Waals surface area (Å²) in [7, 11) is 0. The number of hydrogen-bond donors (Lipinski definition) is 1. The SMILES string of the molecule is CSc1cc(N)nc(-c2ccc(-c3ccc(Br)cc3)cc2)c1. The van der Waals surface area contributed by atoms with Crippen LogP contribution in [0.3, 0.4) is 0 Å². The van der Waals surface area contributed by atoms with Crippen molar-refractivity contribution in [3.8, 4) is 22.4 Å². The lowest BCUT2D eigenvalue weighted by molar-refractivity contribution is 1.27. The van der Waals surface area contributed by atoms with Crippen molar-refractivity contribution in [3.05, 3.63) is 65.1 Å². The van der Waals surface area contributed by atoms with E-state index in [9.17, 15) is 0 Å². The minimum atomic E-state index is 0.554. The predicted molar refractivity (Wildman–Crippen MR) is 99.0 cm³/mol. The quantitative estimate of drug-likeness (QED) is 0.620. The standard InChI is InChI=1S/C18H15BrN2S/c1-22-16-10-17(21-18(20)11-16)14-4-2-12(3-5-14)13-6-8-15(19)9-7-13/h2-11H,1H3,(H2,20,21). The van der Waals surface area contributed by atoms with E-state index in [0.29, 0.717) is 5.82 Å². The molecule has 0 saturated heterocycles. The number of benzene rings is 2. The molecule has 0 aliphatic carbocycles. The van der Waals surface area contributed by atoms with Gasteiger partial charge in [-0.2, -0.15) is 0 Å². The normalized spacial score (nSPS) is 10.6. The summed E-state index contributed by atoms with van der Waals surface area (Å²) in [6, 6.07) is 20.7. The minimum Gasteiger partial charge on any atom is -0.384 e. The van der Waals surface area contributed by atoms with Crippen molar-refractivity contribution in [2.45, 2.75) is 4.90 Å². The number of halogens is 1. The Balaban J connectivity index is 1.94. The van der Waals surface area contributed by atoms with Gasteiger partial charge in [0.25, 0.3) is 0 Å². The summed E-state index contributed by atoms with van der Waals surface area (Å²) < 4.78 is 1.08. The molecule has 0 unspecified atom stereocenters. The van der Waals surface area contributed by atoms with Gasteiger partial charge in [0, 0.05) is 14.9 Å². The molecular weight excluding hydrogens is 356 g/mol. The molecule has 0 spiro atoms. The van der Waals surface area contributed by atoms with E-state index in [4.69, 9.17) is 5.73 Å². The van der Waals surface area contributed by atoms with Crippen molar-refractivity contribution in [3.63, 3.8) is 0 Å². The second-order valence-corrected chi connectivity index (χ2v) is 6.70. The summed E-state index contributed by atoms with van der Waals surface area (Å²) in [5, 5.41) is 0. The molecule has 2 nitrogen and oxygen atoms in total. The number of hydrogen-bond acceptors (Lipinski definition) is 3. The molecule has 0 saturated carbocycles. The van der Waals surface area contributed by atoms with Gasteiger partial charge in [0.15, 0.2) is 0 Å². The lowest BCUT2D eigenvalue weighted by Crippen LogP contribution is -1.93. The Morgan fingerprint density at radius 3 is 2.00 bits per heavy atom. The van der Waals surface area contributed by atoms with Crippen LogP contribution in [-0.2, 0) is 0 Å². The van der Waals surface area contributed by atoms with E-state index < -0.39 is 0 Å². The van der Waals surface area contributed by atoms with Gasteiger partial charge >= 0.3 is 0 Å². The predicted octanol–water partition coefficient (Wildman–Crippen LogP) is 5.48. The van der Waals surface area contributed by atoms with Crippen LogP contribution < -0.4 is 5.73 Å². The summed E-state index contributed by atoms with van der Waals surface area (Å²) >= 11 is 5.13. The fraction of sp³-hybridized carbons (Fsp3) is 0.0556. The Morgan fingerprint density at radius 1 is 0.864 bits per heavy atom. The van der Waals surface area contributed by atoms with Crippen LogP contribution in [0.2, 0.25) is 0 Å². The van der Waals surface area contributed by atoms with Crippen LogP contribution in [0.1, 0.15) is 0 Å². The highest BCUT2D eigenvalue weighted by molar-refractivity contribution is 9.10. The van der Waals surface area contributed by atoms with Crippen molar-refractivity contribution >= 4 is 33.5 Å². The van der Waals surface area contributed by atoms with E-state index in [1.807, 2.05) is 24.5 Å². The number of nitrogens with two attached hydrogens (primary N) is 1. The Morgan fingerprint density at radius 2 is 1.41 bits per heavy atom. The smallest absolute Gasteiger partial charge is 0.125 e. The summed E-state index contributed by atoms with van der Waals surface area (Å²) in [4.78, 5) is 5.55. The first kappa shape index (κ1) is 15.1. The molecule has 22 heavy (non-hydrogen) atoms. The van der Waals surface area contributed by atoms with Crippen molar-refractivity contribution < 1.29 is 0 Å². The van der Waals surface area contributed by atoms with E-state index >= 15 is 0 Å². The molecule has 4 heteroatoms. The number of nitrogen functional groups attached to an aromatic ring is 1. The Labute approximate surface area is 142 Å². The maximum atomic E-state index is 5.88. The maximum absolute atomic E-state index is 5.88. The van der Waals surface area contributed by atoms with Crippen LogP contribution in [0.4, 0.5) is 5.82 Å². The first-order valence-corrected chi connectivity index (χ1v) is 8.85. The molecule has 0 atom stereocenters. The number of pyridine rings is 1. The van der Waals surface area contributed by atoms with Crippen LogP contribution in [0.25, 0.3) is 22.4 Å². The van der Waals surface area contributed by atoms with Gasteiger partial charge in [0.1, 0.15) is 5.82 Å². The molecule has 2 aromatic carbocycles. The average Bonchev–Trinajstić information content (AvgIpc) is 2.55. The number of anilines is 1. The fourth-order valence-corrected chi connectivity index (χ4v) is 3.00. The lowest BCUT2D eigenvalue weighted by Gasteiger charge is -2.07. The molecular formula is C18H15BrN2S. The molecule has 2 N–H and O–H groups in total. The average molecular weight is 371 g/mol. The monoisotopic (exact) mass is 370 g/mol.